The van der Waals surface area contributed by atoms with Crippen molar-refractivity contribution in [2.45, 2.75) is 12.7 Å². The van der Waals surface area contributed by atoms with Crippen LogP contribution in [0.3, 0.4) is 0 Å². The molecule has 0 aliphatic rings. The molecule has 2 aromatic rings. The molecular formula is C17H17Cl2N3OS2. The van der Waals surface area contributed by atoms with Crippen LogP contribution in [0.2, 0.25) is 10.0 Å². The summed E-state index contributed by atoms with van der Waals surface area (Å²) in [5.74, 6) is 0.958. The zero-order chi connectivity index (χ0) is 18.2. The number of anilines is 1. The van der Waals surface area contributed by atoms with Crippen LogP contribution in [0.15, 0.2) is 42.5 Å². The number of hydrazine groups is 1. The number of hydrogen-bond acceptors (Lipinski definition) is 3. The van der Waals surface area contributed by atoms with Gasteiger partial charge in [-0.3, -0.25) is 15.6 Å². The Balaban J connectivity index is 1.69. The molecule has 8 heteroatoms. The summed E-state index contributed by atoms with van der Waals surface area (Å²) in [6.07, 6.45) is 0. The molecule has 0 heterocycles. The van der Waals surface area contributed by atoms with Gasteiger partial charge in [-0.05, 0) is 48.5 Å². The highest BCUT2D eigenvalue weighted by Crippen LogP contribution is 2.24. The van der Waals surface area contributed by atoms with E-state index in [1.165, 1.54) is 22.9 Å². The second-order valence-electron chi connectivity index (χ2n) is 5.18. The van der Waals surface area contributed by atoms with E-state index in [9.17, 15) is 4.79 Å². The molecule has 4 nitrogen and oxygen atoms in total. The fraction of sp³-hybridized carbons (Fsp3) is 0.176. The van der Waals surface area contributed by atoms with Crippen LogP contribution in [0, 0.1) is 6.92 Å². The van der Waals surface area contributed by atoms with Crippen LogP contribution in [0.1, 0.15) is 11.1 Å². The van der Waals surface area contributed by atoms with Crippen molar-refractivity contribution < 1.29 is 4.79 Å². The number of carbonyl (C=O) groups excluding carboxylic acids is 1. The van der Waals surface area contributed by atoms with E-state index in [1.807, 2.05) is 12.1 Å². The van der Waals surface area contributed by atoms with Gasteiger partial charge in [0.1, 0.15) is 0 Å². The minimum absolute atomic E-state index is 0.156. The lowest BCUT2D eigenvalue weighted by atomic mass is 10.1. The molecule has 0 saturated heterocycles. The Kier molecular flexibility index (Phi) is 7.84. The van der Waals surface area contributed by atoms with Crippen molar-refractivity contribution in [2.24, 2.45) is 0 Å². The predicted molar refractivity (Wildman–Crippen MR) is 111 cm³/mol. The summed E-state index contributed by atoms with van der Waals surface area (Å²) in [5.41, 5.74) is 8.34. The molecule has 0 fully saturated rings. The molecular weight excluding hydrogens is 397 g/mol. The van der Waals surface area contributed by atoms with Gasteiger partial charge in [0.25, 0.3) is 0 Å². The van der Waals surface area contributed by atoms with E-state index < -0.39 is 0 Å². The second-order valence-corrected chi connectivity index (χ2v) is 7.38. The van der Waals surface area contributed by atoms with Crippen molar-refractivity contribution in [1.82, 2.24) is 10.9 Å². The topological polar surface area (TPSA) is 53.2 Å². The average molecular weight is 414 g/mol. The number of hydrogen-bond donors (Lipinski definition) is 3. The maximum absolute atomic E-state index is 11.9. The first-order chi connectivity index (χ1) is 12.0. The van der Waals surface area contributed by atoms with Crippen molar-refractivity contribution in [3.05, 3.63) is 63.6 Å². The highest BCUT2D eigenvalue weighted by atomic mass is 35.5. The number of rotatable bonds is 5. The number of aryl methyl sites for hydroxylation is 1. The van der Waals surface area contributed by atoms with Gasteiger partial charge in [0.2, 0.25) is 5.91 Å². The minimum Gasteiger partial charge on any atom is -0.331 e. The number of nitrogens with one attached hydrogen (secondary N) is 3. The van der Waals surface area contributed by atoms with Crippen molar-refractivity contribution >= 4 is 63.9 Å². The molecule has 25 heavy (non-hydrogen) atoms. The SMILES string of the molecule is Cc1ccccc1CSCC(=O)NNC(=S)Nc1ccc(Cl)c(Cl)c1. The van der Waals surface area contributed by atoms with Gasteiger partial charge in [-0.1, -0.05) is 47.5 Å². The average Bonchev–Trinajstić information content (AvgIpc) is 2.58. The zero-order valence-corrected chi connectivity index (χ0v) is 16.6. The molecule has 0 saturated carbocycles. The van der Waals surface area contributed by atoms with Gasteiger partial charge >= 0.3 is 0 Å². The first-order valence-electron chi connectivity index (χ1n) is 7.39. The Bertz CT molecular complexity index is 771. The molecule has 0 aliphatic carbocycles. The summed E-state index contributed by atoms with van der Waals surface area (Å²) < 4.78 is 0. The lowest BCUT2D eigenvalue weighted by molar-refractivity contribution is -0.119. The number of carbonyl (C=O) groups is 1. The third kappa shape index (κ3) is 6.74. The van der Waals surface area contributed by atoms with Crippen molar-refractivity contribution in [1.29, 1.82) is 0 Å². The minimum atomic E-state index is -0.156. The van der Waals surface area contributed by atoms with Gasteiger partial charge in [-0.15, -0.1) is 11.8 Å². The fourth-order valence-corrected chi connectivity index (χ4v) is 3.29. The second kappa shape index (κ2) is 9.87. The Morgan fingerprint density at radius 3 is 2.60 bits per heavy atom. The first-order valence-corrected chi connectivity index (χ1v) is 9.70. The van der Waals surface area contributed by atoms with Gasteiger partial charge in [-0.25, -0.2) is 0 Å². The summed E-state index contributed by atoms with van der Waals surface area (Å²) in [5, 5.41) is 4.06. The van der Waals surface area contributed by atoms with Gasteiger partial charge in [-0.2, -0.15) is 0 Å². The summed E-state index contributed by atoms with van der Waals surface area (Å²) in [4.78, 5) is 11.9. The fourth-order valence-electron chi connectivity index (χ4n) is 1.92. The Morgan fingerprint density at radius 1 is 1.12 bits per heavy atom. The Hall–Kier alpha value is -1.47. The quantitative estimate of drug-likeness (QED) is 0.495. The highest BCUT2D eigenvalue weighted by molar-refractivity contribution is 7.99. The van der Waals surface area contributed by atoms with Crippen LogP contribution in [-0.4, -0.2) is 16.8 Å². The highest BCUT2D eigenvalue weighted by Gasteiger charge is 2.05. The standard InChI is InChI=1S/C17H17Cl2N3OS2/c1-11-4-2-3-5-12(11)9-25-10-16(23)21-22-17(24)20-13-6-7-14(18)15(19)8-13/h2-8H,9-10H2,1H3,(H,21,23)(H2,20,22,24). The molecule has 0 bridgehead atoms. The molecule has 0 aromatic heterocycles. The first kappa shape index (κ1) is 19.8. The lowest BCUT2D eigenvalue weighted by Crippen LogP contribution is -2.44. The maximum atomic E-state index is 11.9. The number of amides is 1. The van der Waals surface area contributed by atoms with Gasteiger partial charge < -0.3 is 5.32 Å². The monoisotopic (exact) mass is 413 g/mol. The van der Waals surface area contributed by atoms with E-state index in [0.717, 1.165) is 5.75 Å². The third-order valence-electron chi connectivity index (χ3n) is 3.24. The third-order valence-corrected chi connectivity index (χ3v) is 5.17. The van der Waals surface area contributed by atoms with E-state index in [0.29, 0.717) is 21.5 Å². The smallest absolute Gasteiger partial charge is 0.248 e. The van der Waals surface area contributed by atoms with E-state index in [1.54, 1.807) is 18.2 Å². The predicted octanol–water partition coefficient (Wildman–Crippen LogP) is 4.55. The van der Waals surface area contributed by atoms with Gasteiger partial charge in [0, 0.05) is 11.4 Å². The van der Waals surface area contributed by atoms with Crippen LogP contribution < -0.4 is 16.2 Å². The molecule has 0 aliphatic heterocycles. The van der Waals surface area contributed by atoms with Gasteiger partial charge in [0.05, 0.1) is 15.8 Å². The van der Waals surface area contributed by atoms with E-state index >= 15 is 0 Å². The largest absolute Gasteiger partial charge is 0.331 e. The summed E-state index contributed by atoms with van der Waals surface area (Å²) >= 11 is 18.4. The van der Waals surface area contributed by atoms with E-state index in [2.05, 4.69) is 35.2 Å². The number of benzene rings is 2. The summed E-state index contributed by atoms with van der Waals surface area (Å²) in [6, 6.07) is 13.2. The lowest BCUT2D eigenvalue weighted by Gasteiger charge is -2.12. The zero-order valence-electron chi connectivity index (χ0n) is 13.4. The molecule has 3 N–H and O–H groups in total. The molecule has 0 spiro atoms. The molecule has 0 radical (unpaired) electrons. The molecule has 0 unspecified atom stereocenters. The number of thiocarbonyl (C=S) groups is 1. The van der Waals surface area contributed by atoms with Crippen LogP contribution in [0.5, 0.6) is 0 Å². The van der Waals surface area contributed by atoms with Gasteiger partial charge in [0.15, 0.2) is 5.11 Å². The molecule has 1 amide bonds. The van der Waals surface area contributed by atoms with E-state index in [4.69, 9.17) is 35.4 Å². The molecule has 2 rings (SSSR count). The van der Waals surface area contributed by atoms with Crippen LogP contribution in [-0.2, 0) is 10.5 Å². The summed E-state index contributed by atoms with van der Waals surface area (Å²) in [7, 11) is 0. The normalized spacial score (nSPS) is 10.2. The van der Waals surface area contributed by atoms with Crippen molar-refractivity contribution in [3.63, 3.8) is 0 Å². The molecule has 2 aromatic carbocycles. The number of thioether (sulfide) groups is 1. The Morgan fingerprint density at radius 2 is 1.88 bits per heavy atom. The van der Waals surface area contributed by atoms with Crippen LogP contribution >= 0.6 is 47.2 Å². The maximum Gasteiger partial charge on any atom is 0.248 e. The van der Waals surface area contributed by atoms with Crippen molar-refractivity contribution in [3.8, 4) is 0 Å². The van der Waals surface area contributed by atoms with Crippen molar-refractivity contribution in [2.75, 3.05) is 11.1 Å². The number of halogens is 2. The summed E-state index contributed by atoms with van der Waals surface area (Å²) in [6.45, 7) is 2.06. The van der Waals surface area contributed by atoms with Crippen LogP contribution in [0.25, 0.3) is 0 Å². The molecule has 0 atom stereocenters. The Labute approximate surface area is 166 Å². The van der Waals surface area contributed by atoms with E-state index in [-0.39, 0.29) is 11.0 Å². The van der Waals surface area contributed by atoms with Crippen LogP contribution in [0.4, 0.5) is 5.69 Å². The molecule has 132 valence electrons.